The Balaban J connectivity index is 1.42. The van der Waals surface area contributed by atoms with Crippen LogP contribution in [0.5, 0.6) is 0 Å². The van der Waals surface area contributed by atoms with E-state index in [0.717, 1.165) is 38.0 Å². The lowest BCUT2D eigenvalue weighted by molar-refractivity contribution is 0.0525. The Morgan fingerprint density at radius 3 is 2.56 bits per heavy atom. The first kappa shape index (κ1) is 27.7. The van der Waals surface area contributed by atoms with Crippen LogP contribution in [-0.2, 0) is 16.0 Å². The molecule has 2 aromatic carbocycles. The lowest BCUT2D eigenvalue weighted by Gasteiger charge is -2.36. The third kappa shape index (κ3) is 5.31. The molecule has 2 aliphatic heterocycles. The van der Waals surface area contributed by atoms with E-state index in [-0.39, 0.29) is 12.1 Å². The van der Waals surface area contributed by atoms with Crippen LogP contribution in [0, 0.1) is 0 Å². The third-order valence-electron chi connectivity index (χ3n) is 9.12. The van der Waals surface area contributed by atoms with Crippen molar-refractivity contribution in [3.05, 3.63) is 53.1 Å². The van der Waals surface area contributed by atoms with Gasteiger partial charge in [-0.3, -0.25) is 0 Å². The van der Waals surface area contributed by atoms with Crippen LogP contribution in [-0.4, -0.2) is 49.0 Å². The second-order valence-corrected chi connectivity index (χ2v) is 12.9. The first-order valence-electron chi connectivity index (χ1n) is 15.3. The number of anilines is 1. The maximum Gasteiger partial charge on any atom is 0.407 e. The second kappa shape index (κ2) is 11.1. The van der Waals surface area contributed by atoms with E-state index in [4.69, 9.17) is 9.47 Å². The van der Waals surface area contributed by atoms with Crippen molar-refractivity contribution in [2.45, 2.75) is 89.7 Å². The third-order valence-corrected chi connectivity index (χ3v) is 9.12. The van der Waals surface area contributed by atoms with Gasteiger partial charge in [-0.25, -0.2) is 9.59 Å². The average Bonchev–Trinajstić information content (AvgIpc) is 3.18. The first-order valence-corrected chi connectivity index (χ1v) is 15.3. The summed E-state index contributed by atoms with van der Waals surface area (Å²) in [4.78, 5) is 27.4. The molecule has 7 nitrogen and oxygen atoms in total. The SMILES string of the molecule is COC(=O)c1ccc2c(C3CCCCC3)c3n(c2c1)CCN1CCC(CCNC(=O)OC(C)(C)C)c2cccc-3c21. The van der Waals surface area contributed by atoms with Crippen LogP contribution >= 0.6 is 0 Å². The summed E-state index contributed by atoms with van der Waals surface area (Å²) in [5, 5.41) is 4.25. The zero-order valence-electron chi connectivity index (χ0n) is 24.9. The Kier molecular flexibility index (Phi) is 7.47. The molecule has 218 valence electrons. The number of alkyl carbamates (subject to hydrolysis) is 1. The lowest BCUT2D eigenvalue weighted by atomic mass is 9.80. The standard InChI is InChI=1S/C34H43N3O4/c1-34(2,3)41-33(39)35-17-15-22-16-18-36-19-20-37-28-21-24(32(38)40-4)13-14-26(28)29(23-9-6-5-7-10-23)31(37)27-12-8-11-25(22)30(27)36/h8,11-14,21-23H,5-7,9-10,15-20H2,1-4H3,(H,35,39). The number of carbonyl (C=O) groups excluding carboxylic acids is 2. The van der Waals surface area contributed by atoms with Gasteiger partial charge in [0, 0.05) is 48.3 Å². The highest BCUT2D eigenvalue weighted by molar-refractivity contribution is 6.00. The number of hydrogen-bond acceptors (Lipinski definition) is 5. The topological polar surface area (TPSA) is 72.8 Å². The summed E-state index contributed by atoms with van der Waals surface area (Å²) in [6.07, 6.45) is 7.85. The molecule has 1 fully saturated rings. The number of fused-ring (bicyclic) bond motifs is 4. The molecule has 0 spiro atoms. The molecule has 3 heterocycles. The number of rotatable bonds is 5. The molecule has 7 heteroatoms. The van der Waals surface area contributed by atoms with Crippen molar-refractivity contribution >= 4 is 28.7 Å². The molecule has 1 N–H and O–H groups in total. The number of methoxy groups -OCH3 is 1. The van der Waals surface area contributed by atoms with Gasteiger partial charge in [-0.2, -0.15) is 0 Å². The van der Waals surface area contributed by atoms with Gasteiger partial charge in [0.25, 0.3) is 0 Å². The Labute approximate surface area is 243 Å². The van der Waals surface area contributed by atoms with Gasteiger partial charge in [0.15, 0.2) is 0 Å². The van der Waals surface area contributed by atoms with Crippen molar-refractivity contribution in [3.8, 4) is 11.3 Å². The minimum atomic E-state index is -0.502. The van der Waals surface area contributed by atoms with Gasteiger partial charge in [-0.05, 0) is 81.5 Å². The number of ether oxygens (including phenoxy) is 2. The van der Waals surface area contributed by atoms with E-state index in [9.17, 15) is 9.59 Å². The molecule has 0 bridgehead atoms. The molecule has 1 atom stereocenters. The highest BCUT2D eigenvalue weighted by Gasteiger charge is 2.34. The zero-order chi connectivity index (χ0) is 28.7. The minimum absolute atomic E-state index is 0.291. The van der Waals surface area contributed by atoms with E-state index >= 15 is 0 Å². The second-order valence-electron chi connectivity index (χ2n) is 12.9. The van der Waals surface area contributed by atoms with E-state index in [1.54, 1.807) is 0 Å². The fourth-order valence-electron chi connectivity index (χ4n) is 7.37. The predicted octanol–water partition coefficient (Wildman–Crippen LogP) is 7.36. The molecular weight excluding hydrogens is 514 g/mol. The number of benzene rings is 2. The Bertz CT molecular complexity index is 1460. The Morgan fingerprint density at radius 1 is 1.00 bits per heavy atom. The average molecular weight is 558 g/mol. The van der Waals surface area contributed by atoms with E-state index in [2.05, 4.69) is 39.0 Å². The summed E-state index contributed by atoms with van der Waals surface area (Å²) in [5.41, 5.74) is 8.07. The van der Waals surface area contributed by atoms with Crippen molar-refractivity contribution in [2.24, 2.45) is 0 Å². The zero-order valence-corrected chi connectivity index (χ0v) is 24.9. The van der Waals surface area contributed by atoms with Crippen molar-refractivity contribution in [3.63, 3.8) is 0 Å². The molecule has 0 radical (unpaired) electrons. The normalized spacial score (nSPS) is 18.8. The molecule has 1 aromatic heterocycles. The summed E-state index contributed by atoms with van der Waals surface area (Å²) in [6.45, 7) is 9.05. The van der Waals surface area contributed by atoms with E-state index in [0.29, 0.717) is 23.9 Å². The Hall–Kier alpha value is -3.48. The molecule has 1 aliphatic carbocycles. The molecule has 3 aromatic rings. The van der Waals surface area contributed by atoms with Crippen molar-refractivity contribution < 1.29 is 19.1 Å². The number of amides is 1. The van der Waals surface area contributed by atoms with Gasteiger partial charge < -0.3 is 24.3 Å². The van der Waals surface area contributed by atoms with Crippen LogP contribution in [0.15, 0.2) is 36.4 Å². The predicted molar refractivity (Wildman–Crippen MR) is 163 cm³/mol. The van der Waals surface area contributed by atoms with Crippen LogP contribution in [0.1, 0.15) is 99.0 Å². The van der Waals surface area contributed by atoms with E-state index in [1.807, 2.05) is 32.9 Å². The number of carbonyl (C=O) groups is 2. The summed E-state index contributed by atoms with van der Waals surface area (Å²) in [6, 6.07) is 12.9. The molecule has 41 heavy (non-hydrogen) atoms. The van der Waals surface area contributed by atoms with E-state index in [1.165, 1.54) is 72.7 Å². The molecule has 6 rings (SSSR count). The number of nitrogens with one attached hydrogen (secondary N) is 1. The van der Waals surface area contributed by atoms with Crippen LogP contribution in [0.2, 0.25) is 0 Å². The van der Waals surface area contributed by atoms with Gasteiger partial charge in [-0.15, -0.1) is 0 Å². The molecule has 3 aliphatic rings. The number of aromatic nitrogens is 1. The molecule has 1 unspecified atom stereocenters. The first-order chi connectivity index (χ1) is 19.7. The molecule has 0 saturated heterocycles. The monoisotopic (exact) mass is 557 g/mol. The molecular formula is C34H43N3O4. The maximum absolute atomic E-state index is 12.5. The van der Waals surface area contributed by atoms with Crippen molar-refractivity contribution in [2.75, 3.05) is 31.6 Å². The van der Waals surface area contributed by atoms with Crippen molar-refractivity contribution in [1.82, 2.24) is 9.88 Å². The summed E-state index contributed by atoms with van der Waals surface area (Å²) in [7, 11) is 1.45. The maximum atomic E-state index is 12.5. The fourth-order valence-corrected chi connectivity index (χ4v) is 7.37. The van der Waals surface area contributed by atoms with Crippen LogP contribution in [0.4, 0.5) is 10.5 Å². The number of nitrogens with zero attached hydrogens (tertiary/aromatic N) is 2. The van der Waals surface area contributed by atoms with Gasteiger partial charge in [0.05, 0.1) is 18.4 Å². The minimum Gasteiger partial charge on any atom is -0.465 e. The highest BCUT2D eigenvalue weighted by atomic mass is 16.6. The summed E-state index contributed by atoms with van der Waals surface area (Å²) >= 11 is 0. The van der Waals surface area contributed by atoms with E-state index < -0.39 is 5.60 Å². The molecule has 1 amide bonds. The van der Waals surface area contributed by atoms with Gasteiger partial charge >= 0.3 is 12.1 Å². The van der Waals surface area contributed by atoms with Crippen LogP contribution in [0.25, 0.3) is 22.2 Å². The number of hydrogen-bond donors (Lipinski definition) is 1. The molecule has 1 saturated carbocycles. The largest absolute Gasteiger partial charge is 0.465 e. The lowest BCUT2D eigenvalue weighted by Crippen LogP contribution is -2.35. The number of para-hydroxylation sites is 1. The van der Waals surface area contributed by atoms with Crippen molar-refractivity contribution in [1.29, 1.82) is 0 Å². The smallest absolute Gasteiger partial charge is 0.407 e. The van der Waals surface area contributed by atoms with Gasteiger partial charge in [0.1, 0.15) is 5.60 Å². The quantitative estimate of drug-likeness (QED) is 0.332. The summed E-state index contributed by atoms with van der Waals surface area (Å²) < 4.78 is 13.0. The van der Waals surface area contributed by atoms with Crippen LogP contribution < -0.4 is 10.2 Å². The van der Waals surface area contributed by atoms with Gasteiger partial charge in [-0.1, -0.05) is 43.5 Å². The highest BCUT2D eigenvalue weighted by Crippen LogP contribution is 2.50. The number of esters is 1. The summed E-state index contributed by atoms with van der Waals surface area (Å²) in [5.74, 6) is 0.600. The van der Waals surface area contributed by atoms with Gasteiger partial charge in [0.2, 0.25) is 0 Å². The Morgan fingerprint density at radius 2 is 1.80 bits per heavy atom. The van der Waals surface area contributed by atoms with Crippen LogP contribution in [0.3, 0.4) is 0 Å². The fraction of sp³-hybridized carbons (Fsp3) is 0.529.